The molecule has 1 N–H and O–H groups in total. The maximum Gasteiger partial charge on any atom is 0.303 e. The first-order valence-electron chi connectivity index (χ1n) is 7.13. The fourth-order valence-corrected chi connectivity index (χ4v) is 4.28. The molecule has 8 heteroatoms. The Kier molecular flexibility index (Phi) is 15.6. The van der Waals surface area contributed by atoms with Crippen molar-refractivity contribution in [3.8, 4) is 0 Å². The third-order valence-electron chi connectivity index (χ3n) is 2.82. The Morgan fingerprint density at radius 3 is 2.22 bits per heavy atom. The first kappa shape index (κ1) is 25.2. The zero-order valence-electron chi connectivity index (χ0n) is 14.6. The van der Waals surface area contributed by atoms with E-state index < -0.39 is 5.97 Å². The van der Waals surface area contributed by atoms with Crippen LogP contribution >= 0.6 is 34.2 Å². The van der Waals surface area contributed by atoms with Crippen molar-refractivity contribution in [3.63, 3.8) is 0 Å². The van der Waals surface area contributed by atoms with Crippen LogP contribution in [0.2, 0.25) is 0 Å². The van der Waals surface area contributed by atoms with E-state index in [4.69, 9.17) is 21.2 Å². The van der Waals surface area contributed by atoms with Gasteiger partial charge in [0.1, 0.15) is 0 Å². The number of ether oxygens (including phenoxy) is 2. The van der Waals surface area contributed by atoms with E-state index in [0.717, 1.165) is 6.42 Å². The van der Waals surface area contributed by atoms with Crippen LogP contribution in [0.1, 0.15) is 33.1 Å². The Morgan fingerprint density at radius 1 is 1.26 bits per heavy atom. The third kappa shape index (κ3) is 16.6. The van der Waals surface area contributed by atoms with Crippen LogP contribution in [0.3, 0.4) is 0 Å². The Labute approximate surface area is 153 Å². The molecule has 0 saturated heterocycles. The molecule has 0 aliphatic rings. The largest absolute Gasteiger partial charge is 0.481 e. The number of hydrogen-bond donors (Lipinski definition) is 2. The summed E-state index contributed by atoms with van der Waals surface area (Å²) in [6.07, 6.45) is 3.62. The summed E-state index contributed by atoms with van der Waals surface area (Å²) in [4.78, 5) is 13.5. The summed E-state index contributed by atoms with van der Waals surface area (Å²) < 4.78 is 9.76. The molecule has 0 aliphatic carbocycles. The van der Waals surface area contributed by atoms with Gasteiger partial charge in [0.05, 0.1) is 18.0 Å². The Balaban J connectivity index is 0. The molecule has 0 bridgehead atoms. The van der Waals surface area contributed by atoms with E-state index in [-0.39, 0.29) is 15.9 Å². The zero-order chi connectivity index (χ0) is 18.4. The molecule has 0 rings (SSSR count). The third-order valence-corrected chi connectivity index (χ3v) is 5.77. The highest BCUT2D eigenvalue weighted by atomic mass is 33.1. The molecule has 5 nitrogen and oxygen atoms in total. The van der Waals surface area contributed by atoms with Crippen molar-refractivity contribution in [2.45, 2.75) is 42.6 Å². The second kappa shape index (κ2) is 14.3. The minimum Gasteiger partial charge on any atom is -0.481 e. The maximum absolute atomic E-state index is 10.2. The monoisotopic (exact) mass is 383 g/mol. The molecule has 0 radical (unpaired) electrons. The molecule has 136 valence electrons. The minimum absolute atomic E-state index is 0.0959. The summed E-state index contributed by atoms with van der Waals surface area (Å²) >= 11 is 4.25. The molecular formula is C15H29NO4S3. The number of aliphatic carboxylic acids is 1. The van der Waals surface area contributed by atoms with Crippen LogP contribution in [0.5, 0.6) is 0 Å². The van der Waals surface area contributed by atoms with Crippen LogP contribution in [0.4, 0.5) is 0 Å². The smallest absolute Gasteiger partial charge is 0.303 e. The van der Waals surface area contributed by atoms with Gasteiger partial charge >= 0.3 is 5.97 Å². The van der Waals surface area contributed by atoms with Gasteiger partial charge < -0.3 is 19.4 Å². The summed E-state index contributed by atoms with van der Waals surface area (Å²) in [6.45, 7) is 12.5. The van der Waals surface area contributed by atoms with Crippen LogP contribution in [0, 0.1) is 6.57 Å². The van der Waals surface area contributed by atoms with Crippen LogP contribution in [0.25, 0.3) is 4.85 Å². The molecule has 0 fully saturated rings. The summed E-state index contributed by atoms with van der Waals surface area (Å²) in [5, 5.41) is 8.37. The Hall–Kier alpha value is -0.0700. The van der Waals surface area contributed by atoms with Crippen molar-refractivity contribution in [1.82, 2.24) is 0 Å². The molecule has 2 atom stereocenters. The number of thiol groups is 1. The van der Waals surface area contributed by atoms with E-state index in [1.807, 2.05) is 6.92 Å². The lowest BCUT2D eigenvalue weighted by atomic mass is 10.1. The van der Waals surface area contributed by atoms with Crippen molar-refractivity contribution in [1.29, 1.82) is 0 Å². The van der Waals surface area contributed by atoms with Gasteiger partial charge in [-0.05, 0) is 26.5 Å². The van der Waals surface area contributed by atoms with Gasteiger partial charge in [0.25, 0.3) is 0 Å². The van der Waals surface area contributed by atoms with Gasteiger partial charge in [-0.15, -0.1) is 0 Å². The van der Waals surface area contributed by atoms with E-state index in [1.165, 1.54) is 0 Å². The predicted molar refractivity (Wildman–Crippen MR) is 104 cm³/mol. The number of hydrogen-bond acceptors (Lipinski definition) is 6. The SMILES string of the molecule is COCC(C)(S)CCC(=O)O.[C-]#[N+]CCC(C)(COC)SSC. The van der Waals surface area contributed by atoms with E-state index in [1.54, 1.807) is 35.8 Å². The zero-order valence-corrected chi connectivity index (χ0v) is 17.2. The van der Waals surface area contributed by atoms with E-state index in [2.05, 4.69) is 30.7 Å². The lowest BCUT2D eigenvalue weighted by Gasteiger charge is -2.24. The van der Waals surface area contributed by atoms with Crippen molar-refractivity contribution < 1.29 is 19.4 Å². The number of carboxylic acid groups (broad SMARTS) is 1. The number of rotatable bonds is 11. The lowest BCUT2D eigenvalue weighted by molar-refractivity contribution is -0.137. The molecule has 0 aromatic rings. The van der Waals surface area contributed by atoms with Gasteiger partial charge in [-0.3, -0.25) is 4.79 Å². The highest BCUT2D eigenvalue weighted by Crippen LogP contribution is 2.36. The van der Waals surface area contributed by atoms with Crippen LogP contribution in [0.15, 0.2) is 0 Å². The van der Waals surface area contributed by atoms with Gasteiger partial charge in [-0.1, -0.05) is 21.6 Å². The average Bonchev–Trinajstić information content (AvgIpc) is 2.44. The van der Waals surface area contributed by atoms with E-state index in [0.29, 0.717) is 26.2 Å². The normalized spacial score (nSPS) is 15.5. The van der Waals surface area contributed by atoms with Crippen molar-refractivity contribution >= 4 is 40.2 Å². The Morgan fingerprint density at radius 2 is 1.83 bits per heavy atom. The summed E-state index contributed by atoms with van der Waals surface area (Å²) in [7, 11) is 6.81. The van der Waals surface area contributed by atoms with Gasteiger partial charge in [-0.25, -0.2) is 6.57 Å². The fourth-order valence-electron chi connectivity index (χ4n) is 1.70. The fraction of sp³-hybridized carbons (Fsp3) is 0.867. The molecule has 0 heterocycles. The van der Waals surface area contributed by atoms with Gasteiger partial charge in [0.15, 0.2) is 0 Å². The number of nitrogens with zero attached hydrogens (tertiary/aromatic N) is 1. The predicted octanol–water partition coefficient (Wildman–Crippen LogP) is 3.90. The molecule has 0 saturated carbocycles. The first-order chi connectivity index (χ1) is 10.7. The highest BCUT2D eigenvalue weighted by Gasteiger charge is 2.25. The Bertz CT molecular complexity index is 353. The van der Waals surface area contributed by atoms with E-state index >= 15 is 0 Å². The second-order valence-electron chi connectivity index (χ2n) is 5.59. The van der Waals surface area contributed by atoms with Crippen molar-refractivity contribution in [2.75, 3.05) is 40.2 Å². The molecular weight excluding hydrogens is 354 g/mol. The number of carboxylic acids is 1. The lowest BCUT2D eigenvalue weighted by Crippen LogP contribution is -2.26. The molecule has 23 heavy (non-hydrogen) atoms. The van der Waals surface area contributed by atoms with Crippen LogP contribution in [-0.2, 0) is 14.3 Å². The van der Waals surface area contributed by atoms with Crippen molar-refractivity contribution in [3.05, 3.63) is 11.4 Å². The number of carbonyl (C=O) groups is 1. The topological polar surface area (TPSA) is 60.1 Å². The highest BCUT2D eigenvalue weighted by molar-refractivity contribution is 8.77. The molecule has 0 spiro atoms. The van der Waals surface area contributed by atoms with Gasteiger partial charge in [-0.2, -0.15) is 12.6 Å². The van der Waals surface area contributed by atoms with Crippen LogP contribution < -0.4 is 0 Å². The molecule has 0 amide bonds. The van der Waals surface area contributed by atoms with E-state index in [9.17, 15) is 4.79 Å². The quantitative estimate of drug-likeness (QED) is 0.321. The molecule has 2 unspecified atom stereocenters. The summed E-state index contributed by atoms with van der Waals surface area (Å²) in [5.74, 6) is -0.790. The summed E-state index contributed by atoms with van der Waals surface area (Å²) in [6, 6.07) is 0. The first-order valence-corrected chi connectivity index (χ1v) is 10.1. The van der Waals surface area contributed by atoms with Crippen LogP contribution in [-0.4, -0.2) is 60.8 Å². The van der Waals surface area contributed by atoms with Gasteiger partial charge in [0, 0.05) is 31.8 Å². The van der Waals surface area contributed by atoms with Gasteiger partial charge in [0.2, 0.25) is 6.54 Å². The molecule has 0 aromatic heterocycles. The molecule has 0 aliphatic heterocycles. The van der Waals surface area contributed by atoms with Crippen molar-refractivity contribution in [2.24, 2.45) is 0 Å². The second-order valence-corrected chi connectivity index (χ2v) is 9.65. The molecule has 0 aromatic carbocycles. The standard InChI is InChI=1S/C8H15NOS2.C7H14O3S/c1-8(7-10-3,12-11-4)5-6-9-2;1-7(11,5-10-2)4-3-6(8)9/h5-7H2,1,3-4H3;11H,3-5H2,1-2H3,(H,8,9). The summed E-state index contributed by atoms with van der Waals surface area (Å²) in [5.41, 5.74) is 0. The average molecular weight is 384 g/mol. The number of methoxy groups -OCH3 is 2. The minimum atomic E-state index is -0.790. The maximum atomic E-state index is 10.2.